The summed E-state index contributed by atoms with van der Waals surface area (Å²) in [4.78, 5) is 41.2. The highest BCUT2D eigenvalue weighted by Gasteiger charge is 2.37. The molecule has 12 heteroatoms. The molecule has 2 aliphatic rings. The average molecular weight is 594 g/mol. The van der Waals surface area contributed by atoms with Crippen molar-refractivity contribution in [2.45, 2.75) is 26.8 Å². The van der Waals surface area contributed by atoms with Crippen LogP contribution in [-0.2, 0) is 9.53 Å². The fourth-order valence-corrected chi connectivity index (χ4v) is 5.57. The molecule has 0 saturated carbocycles. The monoisotopic (exact) mass is 592 g/mol. The van der Waals surface area contributed by atoms with E-state index in [-0.39, 0.29) is 12.6 Å². The van der Waals surface area contributed by atoms with Gasteiger partial charge in [-0.3, -0.25) is 4.99 Å². The van der Waals surface area contributed by atoms with Crippen molar-refractivity contribution in [3.63, 3.8) is 0 Å². The Morgan fingerprint density at radius 2 is 1.95 bits per heavy atom. The summed E-state index contributed by atoms with van der Waals surface area (Å²) in [6.07, 6.45) is 1.69. The van der Waals surface area contributed by atoms with Gasteiger partial charge in [0.25, 0.3) is 0 Å². The van der Waals surface area contributed by atoms with Gasteiger partial charge in [-0.05, 0) is 38.5 Å². The van der Waals surface area contributed by atoms with Gasteiger partial charge in [0.1, 0.15) is 23.3 Å². The van der Waals surface area contributed by atoms with Gasteiger partial charge in [0, 0.05) is 55.3 Å². The number of nitrogens with zero attached hydrogens (tertiary/aromatic N) is 5. The summed E-state index contributed by atoms with van der Waals surface area (Å²) in [5.41, 5.74) is 0.964. The molecule has 0 bridgehead atoms. The first kappa shape index (κ1) is 27.1. The van der Waals surface area contributed by atoms with E-state index < -0.39 is 17.8 Å². The molecule has 1 saturated heterocycles. The molecule has 198 valence electrons. The molecule has 3 heterocycles. The zero-order valence-corrected chi connectivity index (χ0v) is 23.4. The Labute approximate surface area is 228 Å². The number of thiazole rings is 1. The number of aromatic nitrogens is 1. The predicted molar refractivity (Wildman–Crippen MR) is 144 cm³/mol. The topological polar surface area (TPSA) is 90.4 Å². The fourth-order valence-electron chi connectivity index (χ4n) is 4.41. The number of ether oxygens (including phenoxy) is 1. The lowest BCUT2D eigenvalue weighted by atomic mass is 9.96. The van der Waals surface area contributed by atoms with Crippen molar-refractivity contribution < 1.29 is 18.7 Å². The number of benzene rings is 1. The second-order valence-electron chi connectivity index (χ2n) is 8.42. The number of hydrogen-bond acceptors (Lipinski definition) is 8. The zero-order valence-electron chi connectivity index (χ0n) is 21.0. The molecule has 1 aromatic carbocycles. The standard InChI is InChI=1S/C25H30BrFN6O3S/c1-4-31(5-2)25(35)33-12-10-32(11-13-33)22-19(24(34)36-6-3)20(17-8-7-16(27)15-18(17)26)29-21(30-22)23-28-9-14-37-23/h7-9,14-15,20H,4-6,10-13H2,1-3H3,(H,29,30). The lowest BCUT2D eigenvalue weighted by molar-refractivity contribution is -0.139. The molecule has 0 aliphatic carbocycles. The van der Waals surface area contributed by atoms with Gasteiger partial charge in [0.05, 0.1) is 6.61 Å². The first-order valence-electron chi connectivity index (χ1n) is 12.3. The van der Waals surface area contributed by atoms with E-state index in [4.69, 9.17) is 9.73 Å². The number of rotatable bonds is 7. The lowest BCUT2D eigenvalue weighted by Crippen LogP contribution is -2.54. The Balaban J connectivity index is 1.73. The van der Waals surface area contributed by atoms with E-state index in [1.165, 1.54) is 23.5 Å². The second kappa shape index (κ2) is 12.0. The van der Waals surface area contributed by atoms with Crippen LogP contribution in [0.1, 0.15) is 37.4 Å². The minimum Gasteiger partial charge on any atom is -0.462 e. The maximum atomic E-state index is 13.9. The SMILES string of the molecule is CCOC(=O)C1=C(N2CCN(C(=O)N(CC)CC)CC2)NC(c2nccs2)=NC1c1ccc(F)cc1Br. The van der Waals surface area contributed by atoms with Gasteiger partial charge in [-0.1, -0.05) is 22.0 Å². The van der Waals surface area contributed by atoms with E-state index in [1.807, 2.05) is 29.0 Å². The zero-order chi connectivity index (χ0) is 26.5. The number of aliphatic imine (C=N–C) groups is 1. The largest absolute Gasteiger partial charge is 0.462 e. The minimum absolute atomic E-state index is 0.0130. The van der Waals surface area contributed by atoms with Crippen molar-refractivity contribution >= 4 is 45.1 Å². The van der Waals surface area contributed by atoms with Crippen LogP contribution in [-0.4, -0.2) is 83.4 Å². The molecule has 1 unspecified atom stereocenters. The number of amides is 2. The number of esters is 1. The molecule has 2 amide bonds. The summed E-state index contributed by atoms with van der Waals surface area (Å²) in [5, 5.41) is 5.85. The molecule has 37 heavy (non-hydrogen) atoms. The van der Waals surface area contributed by atoms with Crippen LogP contribution in [0, 0.1) is 5.82 Å². The highest BCUT2D eigenvalue weighted by Crippen LogP contribution is 2.37. The van der Waals surface area contributed by atoms with Crippen molar-refractivity contribution in [3.05, 3.63) is 62.0 Å². The first-order valence-corrected chi connectivity index (χ1v) is 13.9. The van der Waals surface area contributed by atoms with Crippen molar-refractivity contribution in [2.75, 3.05) is 45.9 Å². The fraction of sp³-hybridized carbons (Fsp3) is 0.440. The summed E-state index contributed by atoms with van der Waals surface area (Å²) < 4.78 is 19.9. The van der Waals surface area contributed by atoms with E-state index in [0.717, 1.165) is 0 Å². The molecule has 0 spiro atoms. The lowest BCUT2D eigenvalue weighted by Gasteiger charge is -2.41. The number of hydrogen-bond donors (Lipinski definition) is 1. The molecule has 4 rings (SSSR count). The predicted octanol–water partition coefficient (Wildman–Crippen LogP) is 3.99. The molecular formula is C25H30BrFN6O3S. The van der Waals surface area contributed by atoms with Gasteiger partial charge in [-0.15, -0.1) is 11.3 Å². The van der Waals surface area contributed by atoms with Gasteiger partial charge < -0.3 is 24.8 Å². The van der Waals surface area contributed by atoms with Crippen molar-refractivity contribution in [1.82, 2.24) is 25.0 Å². The Hall–Kier alpha value is -2.99. The van der Waals surface area contributed by atoms with Crippen LogP contribution in [0.15, 0.2) is 50.6 Å². The smallest absolute Gasteiger partial charge is 0.340 e. The van der Waals surface area contributed by atoms with Gasteiger partial charge in [0.15, 0.2) is 10.8 Å². The third kappa shape index (κ3) is 5.80. The van der Waals surface area contributed by atoms with Crippen molar-refractivity contribution in [2.24, 2.45) is 4.99 Å². The Kier molecular flexibility index (Phi) is 8.80. The summed E-state index contributed by atoms with van der Waals surface area (Å²) >= 11 is 4.88. The molecule has 2 aromatic rings. The quantitative estimate of drug-likeness (QED) is 0.489. The number of halogens is 2. The van der Waals surface area contributed by atoms with Gasteiger partial charge in [-0.2, -0.15) is 0 Å². The number of piperazine rings is 1. The van der Waals surface area contributed by atoms with Crippen LogP contribution in [0.25, 0.3) is 0 Å². The van der Waals surface area contributed by atoms with Gasteiger partial charge in [0.2, 0.25) is 0 Å². The van der Waals surface area contributed by atoms with E-state index in [0.29, 0.717) is 71.5 Å². The summed E-state index contributed by atoms with van der Waals surface area (Å²) in [6, 6.07) is 3.59. The van der Waals surface area contributed by atoms with Crippen LogP contribution in [0.4, 0.5) is 9.18 Å². The van der Waals surface area contributed by atoms with E-state index in [2.05, 4.69) is 26.2 Å². The molecule has 1 N–H and O–H groups in total. The molecule has 1 fully saturated rings. The average Bonchev–Trinajstić information content (AvgIpc) is 3.44. The number of carbonyl (C=O) groups excluding carboxylic acids is 2. The summed E-state index contributed by atoms with van der Waals surface area (Å²) in [6.45, 7) is 9.22. The van der Waals surface area contributed by atoms with Crippen molar-refractivity contribution in [1.29, 1.82) is 0 Å². The molecule has 1 atom stereocenters. The number of amidine groups is 1. The number of carbonyl (C=O) groups is 2. The van der Waals surface area contributed by atoms with Gasteiger partial charge in [-0.25, -0.2) is 19.0 Å². The maximum Gasteiger partial charge on any atom is 0.340 e. The van der Waals surface area contributed by atoms with E-state index in [9.17, 15) is 14.0 Å². The normalized spacial score (nSPS) is 17.9. The maximum absolute atomic E-state index is 13.9. The molecule has 9 nitrogen and oxygen atoms in total. The molecule has 1 aromatic heterocycles. The van der Waals surface area contributed by atoms with Crippen LogP contribution < -0.4 is 5.32 Å². The highest BCUT2D eigenvalue weighted by atomic mass is 79.9. The Morgan fingerprint density at radius 3 is 2.54 bits per heavy atom. The summed E-state index contributed by atoms with van der Waals surface area (Å²) in [5.74, 6) is 0.176. The van der Waals surface area contributed by atoms with Crippen LogP contribution in [0.5, 0.6) is 0 Å². The number of nitrogens with one attached hydrogen (secondary N) is 1. The van der Waals surface area contributed by atoms with E-state index in [1.54, 1.807) is 24.1 Å². The molecular weight excluding hydrogens is 563 g/mol. The third-order valence-electron chi connectivity index (χ3n) is 6.31. The second-order valence-corrected chi connectivity index (χ2v) is 10.2. The van der Waals surface area contributed by atoms with Gasteiger partial charge >= 0.3 is 12.0 Å². The Morgan fingerprint density at radius 1 is 1.22 bits per heavy atom. The van der Waals surface area contributed by atoms with Crippen LogP contribution in [0.2, 0.25) is 0 Å². The first-order chi connectivity index (χ1) is 17.9. The number of urea groups is 1. The van der Waals surface area contributed by atoms with E-state index >= 15 is 0 Å². The molecule has 0 radical (unpaired) electrons. The molecule has 2 aliphatic heterocycles. The summed E-state index contributed by atoms with van der Waals surface area (Å²) in [7, 11) is 0. The Bertz CT molecular complexity index is 1190. The third-order valence-corrected chi connectivity index (χ3v) is 7.78. The van der Waals surface area contributed by atoms with Crippen molar-refractivity contribution in [3.8, 4) is 0 Å². The highest BCUT2D eigenvalue weighted by molar-refractivity contribution is 9.10. The minimum atomic E-state index is -0.750. The van der Waals surface area contributed by atoms with Crippen LogP contribution in [0.3, 0.4) is 0 Å². The van der Waals surface area contributed by atoms with Crippen LogP contribution >= 0.6 is 27.3 Å².